The molecule has 156 valence electrons. The van der Waals surface area contributed by atoms with E-state index < -0.39 is 0 Å². The van der Waals surface area contributed by atoms with E-state index >= 15 is 0 Å². The van der Waals surface area contributed by atoms with E-state index in [9.17, 15) is 4.79 Å². The summed E-state index contributed by atoms with van der Waals surface area (Å²) in [6.45, 7) is 0.786. The van der Waals surface area contributed by atoms with Crippen LogP contribution in [0.15, 0.2) is 59.1 Å². The third-order valence-corrected chi connectivity index (χ3v) is 5.63. The molecule has 1 atom stereocenters. The number of benzene rings is 2. The first-order valence-corrected chi connectivity index (χ1v) is 10.6. The van der Waals surface area contributed by atoms with Crippen molar-refractivity contribution in [2.24, 2.45) is 0 Å². The summed E-state index contributed by atoms with van der Waals surface area (Å²) in [6, 6.07) is 17.9. The Kier molecular flexibility index (Phi) is 6.42. The molecule has 0 saturated carbocycles. The highest BCUT2D eigenvalue weighted by atomic mass is 16.5. The highest BCUT2D eigenvalue weighted by molar-refractivity contribution is 5.77. The Labute approximate surface area is 176 Å². The summed E-state index contributed by atoms with van der Waals surface area (Å²) in [7, 11) is 1.66. The number of nitrogens with zero attached hydrogens (tertiary/aromatic N) is 3. The first-order valence-electron chi connectivity index (χ1n) is 10.6. The lowest BCUT2D eigenvalue weighted by Crippen LogP contribution is -2.35. The average molecular weight is 405 g/mol. The third-order valence-electron chi connectivity index (χ3n) is 5.63. The van der Waals surface area contributed by atoms with Gasteiger partial charge in [-0.25, -0.2) is 0 Å². The molecule has 1 aliphatic rings. The topological polar surface area (TPSA) is 68.5 Å². The fourth-order valence-corrected chi connectivity index (χ4v) is 4.00. The molecule has 0 unspecified atom stereocenters. The Balaban J connectivity index is 1.43. The van der Waals surface area contributed by atoms with Crippen molar-refractivity contribution >= 4 is 5.91 Å². The maximum atomic E-state index is 13.1. The molecule has 6 heteroatoms. The second-order valence-electron chi connectivity index (χ2n) is 7.60. The lowest BCUT2D eigenvalue weighted by molar-refractivity contribution is -0.133. The van der Waals surface area contributed by atoms with Crippen LogP contribution in [-0.2, 0) is 11.2 Å². The van der Waals surface area contributed by atoms with Gasteiger partial charge in [0.15, 0.2) is 0 Å². The highest BCUT2D eigenvalue weighted by Gasteiger charge is 2.27. The Morgan fingerprint density at radius 1 is 1.10 bits per heavy atom. The molecule has 2 aromatic carbocycles. The molecule has 1 amide bonds. The minimum absolute atomic E-state index is 0.105. The fourth-order valence-electron chi connectivity index (χ4n) is 4.00. The number of carbonyl (C=O) groups excluding carboxylic acids is 1. The highest BCUT2D eigenvalue weighted by Crippen LogP contribution is 2.31. The summed E-state index contributed by atoms with van der Waals surface area (Å²) >= 11 is 0. The zero-order valence-corrected chi connectivity index (χ0v) is 17.3. The second kappa shape index (κ2) is 9.57. The van der Waals surface area contributed by atoms with E-state index in [0.717, 1.165) is 49.1 Å². The van der Waals surface area contributed by atoms with Crippen molar-refractivity contribution < 1.29 is 14.1 Å². The molecule has 0 radical (unpaired) electrons. The van der Waals surface area contributed by atoms with Crippen molar-refractivity contribution in [3.63, 3.8) is 0 Å². The normalized spacial score (nSPS) is 16.8. The van der Waals surface area contributed by atoms with Crippen molar-refractivity contribution in [1.29, 1.82) is 0 Å². The van der Waals surface area contributed by atoms with E-state index in [4.69, 9.17) is 9.26 Å². The van der Waals surface area contributed by atoms with E-state index in [2.05, 4.69) is 22.3 Å². The fraction of sp³-hybridized carbons (Fsp3) is 0.375. The van der Waals surface area contributed by atoms with Gasteiger partial charge in [0.25, 0.3) is 0 Å². The van der Waals surface area contributed by atoms with Gasteiger partial charge >= 0.3 is 0 Å². The van der Waals surface area contributed by atoms with E-state index in [-0.39, 0.29) is 11.9 Å². The lowest BCUT2D eigenvalue weighted by atomic mass is 10.00. The largest absolute Gasteiger partial charge is 0.497 e. The number of carbonyl (C=O) groups is 1. The number of aryl methyl sites for hydroxylation is 1. The Bertz CT molecular complexity index is 953. The van der Waals surface area contributed by atoms with E-state index in [1.165, 1.54) is 0 Å². The number of likely N-dealkylation sites (tertiary alicyclic amines) is 1. The van der Waals surface area contributed by atoms with Crippen LogP contribution in [0.1, 0.15) is 49.6 Å². The van der Waals surface area contributed by atoms with Gasteiger partial charge in [-0.1, -0.05) is 60.5 Å². The summed E-state index contributed by atoms with van der Waals surface area (Å²) in [5, 5.41) is 4.05. The van der Waals surface area contributed by atoms with Gasteiger partial charge in [-0.15, -0.1) is 0 Å². The van der Waals surface area contributed by atoms with Crippen LogP contribution in [-0.4, -0.2) is 34.6 Å². The van der Waals surface area contributed by atoms with Crippen LogP contribution in [0, 0.1) is 0 Å². The Morgan fingerprint density at radius 2 is 1.90 bits per heavy atom. The molecule has 0 spiro atoms. The van der Waals surface area contributed by atoms with Gasteiger partial charge in [0.05, 0.1) is 13.2 Å². The van der Waals surface area contributed by atoms with Crippen LogP contribution in [0.2, 0.25) is 0 Å². The number of rotatable bonds is 6. The van der Waals surface area contributed by atoms with Gasteiger partial charge in [0.2, 0.25) is 17.6 Å². The van der Waals surface area contributed by atoms with Crippen LogP contribution in [0.3, 0.4) is 0 Å². The standard InChI is InChI=1S/C24H27N3O3/c1-29-20-13-11-18(12-14-20)21-10-6-3-7-17-27(21)23(28)16-15-22-25-24(26-30-22)19-8-4-2-5-9-19/h2,4-5,8-9,11-14,21H,3,6-7,10,15-17H2,1H3/t21-/m0/s1. The number of hydrogen-bond acceptors (Lipinski definition) is 5. The first kappa shape index (κ1) is 20.1. The summed E-state index contributed by atoms with van der Waals surface area (Å²) in [4.78, 5) is 19.6. The minimum atomic E-state index is 0.105. The van der Waals surface area contributed by atoms with Gasteiger partial charge in [0.1, 0.15) is 5.75 Å². The van der Waals surface area contributed by atoms with Crippen molar-refractivity contribution in [2.75, 3.05) is 13.7 Å². The van der Waals surface area contributed by atoms with Crippen LogP contribution >= 0.6 is 0 Å². The van der Waals surface area contributed by atoms with Gasteiger partial charge in [-0.2, -0.15) is 4.98 Å². The molecule has 3 aromatic rings. The number of ether oxygens (including phenoxy) is 1. The maximum Gasteiger partial charge on any atom is 0.227 e. The van der Waals surface area contributed by atoms with Gasteiger partial charge in [0, 0.05) is 24.9 Å². The molecule has 30 heavy (non-hydrogen) atoms. The minimum Gasteiger partial charge on any atom is -0.497 e. The van der Waals surface area contributed by atoms with Crippen LogP contribution < -0.4 is 4.74 Å². The van der Waals surface area contributed by atoms with E-state index in [0.29, 0.717) is 24.6 Å². The monoisotopic (exact) mass is 405 g/mol. The summed E-state index contributed by atoms with van der Waals surface area (Å²) in [5.41, 5.74) is 2.07. The van der Waals surface area contributed by atoms with Crippen molar-refractivity contribution in [3.8, 4) is 17.1 Å². The predicted molar refractivity (Wildman–Crippen MR) is 114 cm³/mol. The zero-order chi connectivity index (χ0) is 20.8. The molecule has 0 aliphatic carbocycles. The quantitative estimate of drug-likeness (QED) is 0.588. The van der Waals surface area contributed by atoms with Crippen molar-refractivity contribution in [2.45, 2.75) is 44.6 Å². The van der Waals surface area contributed by atoms with Crippen LogP contribution in [0.25, 0.3) is 11.4 Å². The molecular formula is C24H27N3O3. The molecule has 0 N–H and O–H groups in total. The maximum absolute atomic E-state index is 13.1. The lowest BCUT2D eigenvalue weighted by Gasteiger charge is -2.30. The third kappa shape index (κ3) is 4.70. The smallest absolute Gasteiger partial charge is 0.227 e. The zero-order valence-electron chi connectivity index (χ0n) is 17.3. The summed E-state index contributed by atoms with van der Waals surface area (Å²) in [6.07, 6.45) is 5.12. The van der Waals surface area contributed by atoms with Crippen molar-refractivity contribution in [1.82, 2.24) is 15.0 Å². The number of amides is 1. The molecular weight excluding hydrogens is 378 g/mol. The van der Waals surface area contributed by atoms with Crippen molar-refractivity contribution in [3.05, 3.63) is 66.1 Å². The number of aromatic nitrogens is 2. The summed E-state index contributed by atoms with van der Waals surface area (Å²) in [5.74, 6) is 2.02. The molecule has 1 aliphatic heterocycles. The Hall–Kier alpha value is -3.15. The van der Waals surface area contributed by atoms with E-state index in [1.807, 2.05) is 47.4 Å². The van der Waals surface area contributed by atoms with Gasteiger partial charge < -0.3 is 14.2 Å². The molecule has 6 nitrogen and oxygen atoms in total. The second-order valence-corrected chi connectivity index (χ2v) is 7.60. The molecule has 1 fully saturated rings. The predicted octanol–water partition coefficient (Wildman–Crippen LogP) is 4.82. The SMILES string of the molecule is COc1ccc([C@@H]2CCCCCN2C(=O)CCc2nc(-c3ccccc3)no2)cc1. The average Bonchev–Trinajstić information content (AvgIpc) is 3.14. The molecule has 4 rings (SSSR count). The van der Waals surface area contributed by atoms with Crippen LogP contribution in [0.4, 0.5) is 0 Å². The van der Waals surface area contributed by atoms with E-state index in [1.54, 1.807) is 7.11 Å². The van der Waals surface area contributed by atoms with Crippen LogP contribution in [0.5, 0.6) is 5.75 Å². The molecule has 2 heterocycles. The first-order chi connectivity index (χ1) is 14.7. The van der Waals surface area contributed by atoms with Gasteiger partial charge in [-0.3, -0.25) is 4.79 Å². The molecule has 1 aromatic heterocycles. The number of methoxy groups -OCH3 is 1. The Morgan fingerprint density at radius 3 is 2.67 bits per heavy atom. The number of hydrogen-bond donors (Lipinski definition) is 0. The molecule has 1 saturated heterocycles. The molecule has 0 bridgehead atoms. The van der Waals surface area contributed by atoms with Gasteiger partial charge in [-0.05, 0) is 30.5 Å². The summed E-state index contributed by atoms with van der Waals surface area (Å²) < 4.78 is 10.6.